The monoisotopic (exact) mass is 291 g/mol. The maximum Gasteiger partial charge on any atom is 0.0177 e. The molecule has 0 atom stereocenters. The predicted octanol–water partition coefficient (Wildman–Crippen LogP) is 3.66. The van der Waals surface area contributed by atoms with Crippen molar-refractivity contribution in [3.05, 3.63) is 34.3 Å². The van der Waals surface area contributed by atoms with E-state index in [1.165, 1.54) is 5.56 Å². The van der Waals surface area contributed by atoms with Gasteiger partial charge in [-0.25, -0.2) is 0 Å². The lowest BCUT2D eigenvalue weighted by atomic mass is 9.86. The van der Waals surface area contributed by atoms with Gasteiger partial charge in [-0.2, -0.15) is 0 Å². The second-order valence-electron chi connectivity index (χ2n) is 4.50. The zero-order valence-electron chi connectivity index (χ0n) is 9.51. The van der Waals surface area contributed by atoms with Gasteiger partial charge in [0.2, 0.25) is 0 Å². The van der Waals surface area contributed by atoms with Crippen molar-refractivity contribution in [3.8, 4) is 0 Å². The molecule has 86 valence electrons. The van der Waals surface area contributed by atoms with Gasteiger partial charge in [0, 0.05) is 11.0 Å². The highest BCUT2D eigenvalue weighted by Gasteiger charge is 2.17. The normalized spacial score (nSPS) is 10.9. The van der Waals surface area contributed by atoms with Crippen molar-refractivity contribution in [2.75, 3.05) is 13.6 Å². The van der Waals surface area contributed by atoms with Gasteiger partial charge in [-0.15, -0.1) is 12.4 Å². The first-order valence-corrected chi connectivity index (χ1v) is 5.72. The summed E-state index contributed by atoms with van der Waals surface area (Å²) in [6, 6.07) is 8.53. The predicted molar refractivity (Wildman–Crippen MR) is 72.8 cm³/mol. The standard InChI is InChI=1S/C12H18BrN.ClH/c1-12(2,9-14-3)8-10-5-4-6-11(13)7-10;/h4-7,14H,8-9H2,1-3H3;1H. The van der Waals surface area contributed by atoms with E-state index in [0.717, 1.165) is 17.4 Å². The smallest absolute Gasteiger partial charge is 0.0177 e. The molecule has 0 unspecified atom stereocenters. The van der Waals surface area contributed by atoms with Crippen LogP contribution in [0.5, 0.6) is 0 Å². The van der Waals surface area contributed by atoms with Crippen LogP contribution in [0.25, 0.3) is 0 Å². The SMILES string of the molecule is CNCC(C)(C)Cc1cccc(Br)c1.Cl. The molecule has 1 aromatic rings. The van der Waals surface area contributed by atoms with Gasteiger partial charge in [0.15, 0.2) is 0 Å². The highest BCUT2D eigenvalue weighted by molar-refractivity contribution is 9.10. The van der Waals surface area contributed by atoms with Crippen LogP contribution in [0, 0.1) is 5.41 Å². The highest BCUT2D eigenvalue weighted by Crippen LogP contribution is 2.22. The van der Waals surface area contributed by atoms with Gasteiger partial charge >= 0.3 is 0 Å². The maximum atomic E-state index is 3.49. The van der Waals surface area contributed by atoms with Gasteiger partial charge in [-0.1, -0.05) is 41.9 Å². The quantitative estimate of drug-likeness (QED) is 0.893. The molecule has 1 aromatic carbocycles. The molecule has 1 nitrogen and oxygen atoms in total. The molecule has 1 N–H and O–H groups in total. The fourth-order valence-corrected chi connectivity index (χ4v) is 2.19. The Labute approximate surface area is 107 Å². The van der Waals surface area contributed by atoms with Crippen molar-refractivity contribution in [1.82, 2.24) is 5.32 Å². The molecule has 0 aliphatic rings. The first kappa shape index (κ1) is 14.9. The van der Waals surface area contributed by atoms with E-state index in [1.807, 2.05) is 7.05 Å². The van der Waals surface area contributed by atoms with Gasteiger partial charge in [0.05, 0.1) is 0 Å². The molecule has 0 radical (unpaired) electrons. The lowest BCUT2D eigenvalue weighted by Gasteiger charge is -2.24. The first-order valence-electron chi connectivity index (χ1n) is 4.92. The summed E-state index contributed by atoms with van der Waals surface area (Å²) in [6.45, 7) is 5.61. The zero-order valence-corrected chi connectivity index (χ0v) is 11.9. The molecular formula is C12H19BrClN. The summed E-state index contributed by atoms with van der Waals surface area (Å²) in [5, 5.41) is 3.23. The van der Waals surface area contributed by atoms with Crippen LogP contribution in [0.15, 0.2) is 28.7 Å². The minimum atomic E-state index is 0. The molecule has 0 fully saturated rings. The van der Waals surface area contributed by atoms with Crippen molar-refractivity contribution in [3.63, 3.8) is 0 Å². The summed E-state index contributed by atoms with van der Waals surface area (Å²) in [5.74, 6) is 0. The summed E-state index contributed by atoms with van der Waals surface area (Å²) in [5.41, 5.74) is 1.70. The van der Waals surface area contributed by atoms with E-state index in [0.29, 0.717) is 5.41 Å². The molecule has 0 heterocycles. The maximum absolute atomic E-state index is 3.49. The summed E-state index contributed by atoms with van der Waals surface area (Å²) in [7, 11) is 2.00. The molecule has 0 saturated heterocycles. The lowest BCUT2D eigenvalue weighted by molar-refractivity contribution is 0.350. The van der Waals surface area contributed by atoms with Gasteiger partial charge in [0.1, 0.15) is 0 Å². The molecule has 15 heavy (non-hydrogen) atoms. The van der Waals surface area contributed by atoms with Crippen molar-refractivity contribution in [1.29, 1.82) is 0 Å². The molecule has 0 aliphatic carbocycles. The number of benzene rings is 1. The van der Waals surface area contributed by atoms with E-state index in [2.05, 4.69) is 59.4 Å². The van der Waals surface area contributed by atoms with Crippen LogP contribution in [0.1, 0.15) is 19.4 Å². The van der Waals surface area contributed by atoms with Crippen molar-refractivity contribution in [2.45, 2.75) is 20.3 Å². The van der Waals surface area contributed by atoms with Crippen LogP contribution >= 0.6 is 28.3 Å². The summed E-state index contributed by atoms with van der Waals surface area (Å²) in [4.78, 5) is 0. The van der Waals surface area contributed by atoms with E-state index in [1.54, 1.807) is 0 Å². The van der Waals surface area contributed by atoms with Gasteiger partial charge in [-0.05, 0) is 36.6 Å². The summed E-state index contributed by atoms with van der Waals surface area (Å²) >= 11 is 3.49. The minimum Gasteiger partial charge on any atom is -0.319 e. The number of hydrogen-bond donors (Lipinski definition) is 1. The largest absolute Gasteiger partial charge is 0.319 e. The Balaban J connectivity index is 0.00000196. The van der Waals surface area contributed by atoms with Crippen molar-refractivity contribution >= 4 is 28.3 Å². The van der Waals surface area contributed by atoms with E-state index in [9.17, 15) is 0 Å². The van der Waals surface area contributed by atoms with E-state index in [4.69, 9.17) is 0 Å². The van der Waals surface area contributed by atoms with Crippen molar-refractivity contribution < 1.29 is 0 Å². The van der Waals surface area contributed by atoms with Gasteiger partial charge in [0.25, 0.3) is 0 Å². The molecule has 0 bridgehead atoms. The molecule has 0 saturated carbocycles. The molecular weight excluding hydrogens is 273 g/mol. The molecule has 0 amide bonds. The number of rotatable bonds is 4. The van der Waals surface area contributed by atoms with Crippen LogP contribution in [0.3, 0.4) is 0 Å². The molecule has 3 heteroatoms. The first-order chi connectivity index (χ1) is 6.53. The Morgan fingerprint density at radius 3 is 2.53 bits per heavy atom. The Kier molecular flexibility index (Phi) is 6.49. The third-order valence-corrected chi connectivity index (χ3v) is 2.72. The zero-order chi connectivity index (χ0) is 10.6. The number of halogens is 2. The Morgan fingerprint density at radius 2 is 2.00 bits per heavy atom. The van der Waals surface area contributed by atoms with Crippen LogP contribution in [-0.2, 0) is 6.42 Å². The summed E-state index contributed by atoms with van der Waals surface area (Å²) < 4.78 is 1.16. The third-order valence-electron chi connectivity index (χ3n) is 2.23. The van der Waals surface area contributed by atoms with E-state index < -0.39 is 0 Å². The third kappa shape index (κ3) is 5.55. The topological polar surface area (TPSA) is 12.0 Å². The van der Waals surface area contributed by atoms with Gasteiger partial charge < -0.3 is 5.32 Å². The fourth-order valence-electron chi connectivity index (χ4n) is 1.74. The number of nitrogens with one attached hydrogen (secondary N) is 1. The minimum absolute atomic E-state index is 0. The van der Waals surface area contributed by atoms with Crippen LogP contribution in [0.4, 0.5) is 0 Å². The van der Waals surface area contributed by atoms with Crippen LogP contribution in [-0.4, -0.2) is 13.6 Å². The second-order valence-corrected chi connectivity index (χ2v) is 5.42. The average molecular weight is 293 g/mol. The fraction of sp³-hybridized carbons (Fsp3) is 0.500. The average Bonchev–Trinajstić information content (AvgIpc) is 2.02. The highest BCUT2D eigenvalue weighted by atomic mass is 79.9. The number of hydrogen-bond acceptors (Lipinski definition) is 1. The van der Waals surface area contributed by atoms with Crippen LogP contribution in [0.2, 0.25) is 0 Å². The molecule has 0 spiro atoms. The van der Waals surface area contributed by atoms with E-state index >= 15 is 0 Å². The summed E-state index contributed by atoms with van der Waals surface area (Å²) in [6.07, 6.45) is 1.10. The Hall–Kier alpha value is -0.0500. The molecule has 1 rings (SSSR count). The van der Waals surface area contributed by atoms with Crippen LogP contribution < -0.4 is 5.32 Å². The molecule has 0 aliphatic heterocycles. The van der Waals surface area contributed by atoms with Gasteiger partial charge in [-0.3, -0.25) is 0 Å². The molecule has 0 aromatic heterocycles. The van der Waals surface area contributed by atoms with Crippen molar-refractivity contribution in [2.24, 2.45) is 5.41 Å². The lowest BCUT2D eigenvalue weighted by Crippen LogP contribution is -2.28. The Morgan fingerprint density at radius 1 is 1.33 bits per heavy atom. The Bertz CT molecular complexity index is 299. The van der Waals surface area contributed by atoms with E-state index in [-0.39, 0.29) is 12.4 Å². The second kappa shape index (κ2) is 6.51.